The maximum Gasteiger partial charge on any atom is 0.303 e. The lowest BCUT2D eigenvalue weighted by molar-refractivity contribution is -0.160. The van der Waals surface area contributed by atoms with Crippen LogP contribution in [0.1, 0.15) is 59.6 Å². The van der Waals surface area contributed by atoms with Gasteiger partial charge in [-0.25, -0.2) is 4.98 Å². The Morgan fingerprint density at radius 1 is 1.14 bits per heavy atom. The van der Waals surface area contributed by atoms with Gasteiger partial charge in [0.1, 0.15) is 5.01 Å². The molecule has 4 rings (SSSR count). The fourth-order valence-electron chi connectivity index (χ4n) is 4.55. The number of nitrogens with one attached hydrogen (secondary N) is 1. The SMILES string of the molecule is CC(=O)O[C@H](CC(=O)NCc1nc(Cc2ccccc2C)cs1)C(=O)N1CCCC1c1ccccc1. The number of hydrogen-bond donors (Lipinski definition) is 1. The molecule has 1 saturated heterocycles. The van der Waals surface area contributed by atoms with Gasteiger partial charge in [0.15, 0.2) is 6.10 Å². The van der Waals surface area contributed by atoms with Gasteiger partial charge < -0.3 is 15.0 Å². The van der Waals surface area contributed by atoms with Gasteiger partial charge in [0.25, 0.3) is 5.91 Å². The number of nitrogens with zero attached hydrogens (tertiary/aromatic N) is 2. The lowest BCUT2D eigenvalue weighted by atomic mass is 10.0. The predicted molar refractivity (Wildman–Crippen MR) is 138 cm³/mol. The zero-order valence-corrected chi connectivity index (χ0v) is 21.4. The van der Waals surface area contributed by atoms with Crippen molar-refractivity contribution in [2.24, 2.45) is 0 Å². The van der Waals surface area contributed by atoms with Crippen molar-refractivity contribution < 1.29 is 19.1 Å². The molecule has 3 aromatic rings. The topological polar surface area (TPSA) is 88.6 Å². The van der Waals surface area contributed by atoms with Gasteiger partial charge in [-0.3, -0.25) is 14.4 Å². The highest BCUT2D eigenvalue weighted by Gasteiger charge is 2.36. The van der Waals surface area contributed by atoms with Crippen LogP contribution in [0.4, 0.5) is 0 Å². The molecule has 1 fully saturated rings. The van der Waals surface area contributed by atoms with Gasteiger partial charge in [0.05, 0.1) is 24.7 Å². The summed E-state index contributed by atoms with van der Waals surface area (Å²) >= 11 is 1.48. The Balaban J connectivity index is 1.35. The summed E-state index contributed by atoms with van der Waals surface area (Å²) in [6, 6.07) is 17.9. The molecule has 0 saturated carbocycles. The van der Waals surface area contributed by atoms with E-state index in [1.807, 2.05) is 47.8 Å². The molecule has 0 radical (unpaired) electrons. The van der Waals surface area contributed by atoms with Crippen LogP contribution in [0.3, 0.4) is 0 Å². The van der Waals surface area contributed by atoms with Crippen LogP contribution in [0.2, 0.25) is 0 Å². The van der Waals surface area contributed by atoms with Crippen molar-refractivity contribution >= 4 is 29.1 Å². The van der Waals surface area contributed by atoms with Crippen molar-refractivity contribution in [1.82, 2.24) is 15.2 Å². The zero-order valence-electron chi connectivity index (χ0n) is 20.6. The maximum atomic E-state index is 13.3. The van der Waals surface area contributed by atoms with Crippen LogP contribution in [-0.2, 0) is 32.1 Å². The first-order valence-corrected chi connectivity index (χ1v) is 13.1. The zero-order chi connectivity index (χ0) is 25.5. The number of likely N-dealkylation sites (tertiary alicyclic amines) is 1. The Hall–Kier alpha value is -3.52. The molecule has 1 aromatic heterocycles. The molecule has 188 valence electrons. The van der Waals surface area contributed by atoms with E-state index in [1.165, 1.54) is 29.4 Å². The smallest absolute Gasteiger partial charge is 0.303 e. The third kappa shape index (κ3) is 6.57. The van der Waals surface area contributed by atoms with Crippen LogP contribution >= 0.6 is 11.3 Å². The Morgan fingerprint density at radius 2 is 1.89 bits per heavy atom. The molecule has 1 aliphatic heterocycles. The van der Waals surface area contributed by atoms with Gasteiger partial charge in [0, 0.05) is 25.3 Å². The number of rotatable bonds is 9. The van der Waals surface area contributed by atoms with E-state index in [1.54, 1.807) is 4.90 Å². The molecule has 0 aliphatic carbocycles. The fourth-order valence-corrected chi connectivity index (χ4v) is 5.28. The summed E-state index contributed by atoms with van der Waals surface area (Å²) in [5, 5.41) is 5.61. The van der Waals surface area contributed by atoms with Gasteiger partial charge >= 0.3 is 5.97 Å². The quantitative estimate of drug-likeness (QED) is 0.437. The summed E-state index contributed by atoms with van der Waals surface area (Å²) in [5.41, 5.74) is 4.43. The van der Waals surface area contributed by atoms with E-state index in [9.17, 15) is 14.4 Å². The molecule has 1 N–H and O–H groups in total. The highest BCUT2D eigenvalue weighted by molar-refractivity contribution is 7.09. The summed E-state index contributed by atoms with van der Waals surface area (Å²) in [4.78, 5) is 44.2. The number of aryl methyl sites for hydroxylation is 1. The highest BCUT2D eigenvalue weighted by Crippen LogP contribution is 2.32. The van der Waals surface area contributed by atoms with Crippen LogP contribution in [0, 0.1) is 6.92 Å². The summed E-state index contributed by atoms with van der Waals surface area (Å²) in [7, 11) is 0. The number of benzene rings is 2. The number of ether oxygens (including phenoxy) is 1. The summed E-state index contributed by atoms with van der Waals surface area (Å²) in [6.45, 7) is 4.16. The van der Waals surface area contributed by atoms with Crippen LogP contribution in [0.25, 0.3) is 0 Å². The number of carbonyl (C=O) groups excluding carboxylic acids is 3. The Morgan fingerprint density at radius 3 is 2.64 bits per heavy atom. The van der Waals surface area contributed by atoms with Gasteiger partial charge in [-0.2, -0.15) is 0 Å². The van der Waals surface area contributed by atoms with Crippen molar-refractivity contribution in [3.8, 4) is 0 Å². The Bertz CT molecular complexity index is 1210. The minimum Gasteiger partial charge on any atom is -0.452 e. The fraction of sp³-hybridized carbons (Fsp3) is 0.357. The van der Waals surface area contributed by atoms with Crippen LogP contribution in [0.5, 0.6) is 0 Å². The monoisotopic (exact) mass is 505 g/mol. The molecule has 2 heterocycles. The average molecular weight is 506 g/mol. The minimum atomic E-state index is -1.15. The molecule has 2 atom stereocenters. The second kappa shape index (κ2) is 11.9. The van der Waals surface area contributed by atoms with Gasteiger partial charge in [-0.05, 0) is 36.5 Å². The van der Waals surface area contributed by atoms with Crippen molar-refractivity contribution in [3.63, 3.8) is 0 Å². The largest absolute Gasteiger partial charge is 0.452 e. The molecule has 36 heavy (non-hydrogen) atoms. The van der Waals surface area contributed by atoms with E-state index in [-0.39, 0.29) is 30.8 Å². The van der Waals surface area contributed by atoms with E-state index in [0.717, 1.165) is 35.5 Å². The lowest BCUT2D eigenvalue weighted by Crippen LogP contribution is -2.43. The highest BCUT2D eigenvalue weighted by atomic mass is 32.1. The van der Waals surface area contributed by atoms with E-state index in [0.29, 0.717) is 6.54 Å². The predicted octanol–water partition coefficient (Wildman–Crippen LogP) is 4.34. The van der Waals surface area contributed by atoms with E-state index in [2.05, 4.69) is 29.4 Å². The first-order valence-electron chi connectivity index (χ1n) is 12.2. The number of amides is 2. The molecule has 7 nitrogen and oxygen atoms in total. The second-order valence-corrected chi connectivity index (χ2v) is 9.96. The minimum absolute atomic E-state index is 0.0817. The Kier molecular flexibility index (Phi) is 8.48. The van der Waals surface area contributed by atoms with Crippen LogP contribution < -0.4 is 5.32 Å². The maximum absolute atomic E-state index is 13.3. The third-order valence-corrected chi connectivity index (χ3v) is 7.24. The first kappa shape index (κ1) is 25.6. The van der Waals surface area contributed by atoms with Crippen molar-refractivity contribution in [1.29, 1.82) is 0 Å². The molecular weight excluding hydrogens is 474 g/mol. The van der Waals surface area contributed by atoms with Gasteiger partial charge in [-0.1, -0.05) is 54.6 Å². The summed E-state index contributed by atoms with van der Waals surface area (Å²) < 4.78 is 5.31. The van der Waals surface area contributed by atoms with E-state index in [4.69, 9.17) is 4.74 Å². The van der Waals surface area contributed by atoms with Gasteiger partial charge in [0.2, 0.25) is 5.91 Å². The lowest BCUT2D eigenvalue weighted by Gasteiger charge is -2.28. The first-order chi connectivity index (χ1) is 17.4. The Labute approximate surface area is 215 Å². The third-order valence-electron chi connectivity index (χ3n) is 6.34. The normalized spacial score (nSPS) is 15.9. The summed E-state index contributed by atoms with van der Waals surface area (Å²) in [6.07, 6.45) is 1.05. The van der Waals surface area contributed by atoms with Crippen molar-refractivity contribution in [2.45, 2.75) is 58.2 Å². The second-order valence-electron chi connectivity index (χ2n) is 9.02. The standard InChI is InChI=1S/C28H31N3O4S/c1-19-9-6-7-12-22(19)15-23-18-36-27(30-23)17-29-26(33)16-25(35-20(2)32)28(34)31-14-8-13-24(31)21-10-4-3-5-11-21/h3-7,9-12,18,24-25H,8,13-17H2,1-2H3,(H,29,33)/t24?,25-/m1/s1. The molecular formula is C28H31N3O4S. The number of thiazole rings is 1. The molecule has 0 bridgehead atoms. The summed E-state index contributed by atoms with van der Waals surface area (Å²) in [5.74, 6) is -1.28. The molecule has 1 aliphatic rings. The average Bonchev–Trinajstić information content (AvgIpc) is 3.53. The number of aromatic nitrogens is 1. The van der Waals surface area contributed by atoms with Crippen LogP contribution in [-0.4, -0.2) is 40.3 Å². The molecule has 2 aromatic carbocycles. The number of hydrogen-bond acceptors (Lipinski definition) is 6. The van der Waals surface area contributed by atoms with E-state index < -0.39 is 12.1 Å². The van der Waals surface area contributed by atoms with Crippen molar-refractivity contribution in [2.75, 3.05) is 6.54 Å². The van der Waals surface area contributed by atoms with Crippen LogP contribution in [0.15, 0.2) is 60.0 Å². The van der Waals surface area contributed by atoms with E-state index >= 15 is 0 Å². The number of carbonyl (C=O) groups is 3. The number of esters is 1. The molecule has 0 spiro atoms. The molecule has 8 heteroatoms. The van der Waals surface area contributed by atoms with Crippen molar-refractivity contribution in [3.05, 3.63) is 87.4 Å². The molecule has 2 amide bonds. The molecule has 1 unspecified atom stereocenters. The van der Waals surface area contributed by atoms with Gasteiger partial charge in [-0.15, -0.1) is 11.3 Å².